The number of hydrogen-bond donors (Lipinski definition) is 0. The number of benzene rings is 1. The van der Waals surface area contributed by atoms with E-state index in [2.05, 4.69) is 0 Å². The third kappa shape index (κ3) is 2.43. The Hall–Kier alpha value is -1.85. The third-order valence-electron chi connectivity index (χ3n) is 3.41. The Balaban J connectivity index is 2.22. The average Bonchev–Trinajstić information content (AvgIpc) is 2.96. The normalized spacial score (nSPS) is 11.1. The maximum Gasteiger partial charge on any atom is 0.331 e. The van der Waals surface area contributed by atoms with E-state index in [-0.39, 0.29) is 11.2 Å². The first kappa shape index (κ1) is 14.1. The summed E-state index contributed by atoms with van der Waals surface area (Å²) >= 11 is 7.24. The summed E-state index contributed by atoms with van der Waals surface area (Å²) in [4.78, 5) is 24.7. The van der Waals surface area contributed by atoms with E-state index in [1.165, 1.54) is 15.9 Å². The van der Waals surface area contributed by atoms with E-state index in [0.29, 0.717) is 28.3 Å². The second-order valence-corrected chi connectivity index (χ2v) is 6.03. The Kier molecular flexibility index (Phi) is 3.69. The fourth-order valence-corrected chi connectivity index (χ4v) is 3.31. The van der Waals surface area contributed by atoms with Crippen LogP contribution < -0.4 is 11.2 Å². The predicted molar refractivity (Wildman–Crippen MR) is 86.6 cm³/mol. The first-order chi connectivity index (χ1) is 10.1. The Morgan fingerprint density at radius 2 is 1.81 bits per heavy atom. The number of hydrogen-bond acceptors (Lipinski definition) is 3. The summed E-state index contributed by atoms with van der Waals surface area (Å²) in [6.07, 6.45) is 0. The molecular formula is C15H13ClN2O2S. The Morgan fingerprint density at radius 3 is 2.48 bits per heavy atom. The standard InChI is InChI=1S/C15H13ClN2O2S/c1-2-17-14(19)13-12(7-8-21-13)18(15(17)20)9-10-3-5-11(16)6-4-10/h3-8H,2,9H2,1H3. The van der Waals surface area contributed by atoms with Gasteiger partial charge in [0.2, 0.25) is 0 Å². The monoisotopic (exact) mass is 320 g/mol. The molecule has 0 aliphatic carbocycles. The van der Waals surface area contributed by atoms with E-state index >= 15 is 0 Å². The molecule has 0 bridgehead atoms. The van der Waals surface area contributed by atoms with Gasteiger partial charge in [-0.2, -0.15) is 0 Å². The molecule has 2 heterocycles. The Labute approximate surface area is 129 Å². The van der Waals surface area contributed by atoms with Gasteiger partial charge in [0.05, 0.1) is 12.1 Å². The van der Waals surface area contributed by atoms with E-state index in [0.717, 1.165) is 5.56 Å². The smallest absolute Gasteiger partial charge is 0.288 e. The lowest BCUT2D eigenvalue weighted by molar-refractivity contribution is 0.620. The van der Waals surface area contributed by atoms with E-state index in [9.17, 15) is 9.59 Å². The van der Waals surface area contributed by atoms with Crippen molar-refractivity contribution in [2.45, 2.75) is 20.0 Å². The quantitative estimate of drug-likeness (QED) is 0.744. The van der Waals surface area contributed by atoms with Crippen LogP contribution in [0, 0.1) is 0 Å². The van der Waals surface area contributed by atoms with Gasteiger partial charge in [-0.1, -0.05) is 23.7 Å². The summed E-state index contributed by atoms with van der Waals surface area (Å²) in [5.41, 5.74) is 1.17. The fraction of sp³-hybridized carbons (Fsp3) is 0.200. The van der Waals surface area contributed by atoms with Crippen molar-refractivity contribution in [2.75, 3.05) is 0 Å². The number of nitrogens with zero attached hydrogens (tertiary/aromatic N) is 2. The van der Waals surface area contributed by atoms with Gasteiger partial charge in [0.15, 0.2) is 0 Å². The maximum absolute atomic E-state index is 12.5. The maximum atomic E-state index is 12.5. The van der Waals surface area contributed by atoms with Crippen LogP contribution in [0.2, 0.25) is 5.02 Å². The van der Waals surface area contributed by atoms with Crippen LogP contribution in [-0.4, -0.2) is 9.13 Å². The molecule has 0 fully saturated rings. The number of halogens is 1. The van der Waals surface area contributed by atoms with Crippen molar-refractivity contribution in [1.82, 2.24) is 9.13 Å². The highest BCUT2D eigenvalue weighted by Crippen LogP contribution is 2.17. The van der Waals surface area contributed by atoms with Crippen molar-refractivity contribution in [2.24, 2.45) is 0 Å². The van der Waals surface area contributed by atoms with Crippen molar-refractivity contribution in [3.05, 3.63) is 67.1 Å². The number of thiophene rings is 1. The van der Waals surface area contributed by atoms with Gasteiger partial charge in [0.25, 0.3) is 5.56 Å². The molecule has 0 unspecified atom stereocenters. The van der Waals surface area contributed by atoms with Crippen molar-refractivity contribution < 1.29 is 0 Å². The van der Waals surface area contributed by atoms with E-state index in [1.54, 1.807) is 23.6 Å². The van der Waals surface area contributed by atoms with Crippen molar-refractivity contribution in [3.63, 3.8) is 0 Å². The predicted octanol–water partition coefficient (Wildman–Crippen LogP) is 2.95. The summed E-state index contributed by atoms with van der Waals surface area (Å²) in [5, 5.41) is 2.49. The molecule has 3 rings (SSSR count). The van der Waals surface area contributed by atoms with Gasteiger partial charge >= 0.3 is 5.69 Å². The molecule has 4 nitrogen and oxygen atoms in total. The van der Waals surface area contributed by atoms with Crippen LogP contribution >= 0.6 is 22.9 Å². The molecule has 3 aromatic rings. The van der Waals surface area contributed by atoms with Crippen LogP contribution in [0.1, 0.15) is 12.5 Å². The summed E-state index contributed by atoms with van der Waals surface area (Å²) < 4.78 is 3.53. The van der Waals surface area contributed by atoms with Gasteiger partial charge in [0.1, 0.15) is 4.70 Å². The zero-order chi connectivity index (χ0) is 15.0. The second kappa shape index (κ2) is 5.50. The number of aromatic nitrogens is 2. The van der Waals surface area contributed by atoms with Gasteiger partial charge in [-0.05, 0) is 36.1 Å². The van der Waals surface area contributed by atoms with Crippen molar-refractivity contribution >= 4 is 33.2 Å². The minimum absolute atomic E-state index is 0.208. The molecule has 0 amide bonds. The zero-order valence-electron chi connectivity index (χ0n) is 11.4. The molecule has 6 heteroatoms. The van der Waals surface area contributed by atoms with Crippen LogP contribution in [0.3, 0.4) is 0 Å². The molecule has 0 saturated carbocycles. The minimum Gasteiger partial charge on any atom is -0.288 e. The summed E-state index contributed by atoms with van der Waals surface area (Å²) in [6.45, 7) is 2.59. The minimum atomic E-state index is -0.275. The number of fused-ring (bicyclic) bond motifs is 1. The van der Waals surface area contributed by atoms with Crippen LogP contribution in [0.4, 0.5) is 0 Å². The highest BCUT2D eigenvalue weighted by atomic mass is 35.5. The molecule has 0 N–H and O–H groups in total. The summed E-state index contributed by atoms with van der Waals surface area (Å²) in [6, 6.07) is 9.17. The number of rotatable bonds is 3. The average molecular weight is 321 g/mol. The highest BCUT2D eigenvalue weighted by Gasteiger charge is 2.13. The van der Waals surface area contributed by atoms with Gasteiger partial charge < -0.3 is 0 Å². The summed E-state index contributed by atoms with van der Waals surface area (Å²) in [7, 11) is 0. The van der Waals surface area contributed by atoms with Crippen LogP contribution in [0.25, 0.3) is 10.2 Å². The topological polar surface area (TPSA) is 44.0 Å². The molecule has 1 aromatic carbocycles. The molecule has 2 aromatic heterocycles. The molecule has 0 aliphatic heterocycles. The van der Waals surface area contributed by atoms with Crippen LogP contribution in [-0.2, 0) is 13.1 Å². The van der Waals surface area contributed by atoms with E-state index in [1.807, 2.05) is 23.6 Å². The van der Waals surface area contributed by atoms with E-state index in [4.69, 9.17) is 11.6 Å². The van der Waals surface area contributed by atoms with Crippen molar-refractivity contribution in [3.8, 4) is 0 Å². The molecule has 0 atom stereocenters. The van der Waals surface area contributed by atoms with Gasteiger partial charge in [-0.3, -0.25) is 13.9 Å². The largest absolute Gasteiger partial charge is 0.331 e. The van der Waals surface area contributed by atoms with Crippen LogP contribution in [0.15, 0.2) is 45.3 Å². The zero-order valence-corrected chi connectivity index (χ0v) is 12.9. The third-order valence-corrected chi connectivity index (χ3v) is 4.55. The molecule has 0 radical (unpaired) electrons. The first-order valence-electron chi connectivity index (χ1n) is 6.57. The van der Waals surface area contributed by atoms with Gasteiger partial charge in [-0.15, -0.1) is 11.3 Å². The molecule has 0 spiro atoms. The SMILES string of the molecule is CCn1c(=O)c2sccc2n(Cc2ccc(Cl)cc2)c1=O. The lowest BCUT2D eigenvalue weighted by atomic mass is 10.2. The van der Waals surface area contributed by atoms with E-state index < -0.39 is 0 Å². The second-order valence-electron chi connectivity index (χ2n) is 4.68. The van der Waals surface area contributed by atoms with Crippen LogP contribution in [0.5, 0.6) is 0 Å². The Bertz CT molecular complexity index is 906. The molecule has 0 aliphatic rings. The van der Waals surface area contributed by atoms with Gasteiger partial charge in [-0.25, -0.2) is 4.79 Å². The fourth-order valence-electron chi connectivity index (χ4n) is 2.34. The molecular weight excluding hydrogens is 308 g/mol. The lowest BCUT2D eigenvalue weighted by Crippen LogP contribution is -2.39. The molecule has 0 saturated heterocycles. The lowest BCUT2D eigenvalue weighted by Gasteiger charge is -2.11. The first-order valence-corrected chi connectivity index (χ1v) is 7.83. The molecule has 108 valence electrons. The summed E-state index contributed by atoms with van der Waals surface area (Å²) in [5.74, 6) is 0. The molecule has 21 heavy (non-hydrogen) atoms. The Morgan fingerprint density at radius 1 is 1.10 bits per heavy atom. The highest BCUT2D eigenvalue weighted by molar-refractivity contribution is 7.17. The van der Waals surface area contributed by atoms with Crippen molar-refractivity contribution in [1.29, 1.82) is 0 Å². The van der Waals surface area contributed by atoms with Gasteiger partial charge in [0, 0.05) is 11.6 Å².